The van der Waals surface area contributed by atoms with Gasteiger partial charge in [-0.2, -0.15) is 10.4 Å². The molecule has 2 fully saturated rings. The number of likely N-dealkylation sites (tertiary alicyclic amines) is 1. The van der Waals surface area contributed by atoms with Crippen LogP contribution in [0.4, 0.5) is 14.6 Å². The summed E-state index contributed by atoms with van der Waals surface area (Å²) < 4.78 is 36.5. The summed E-state index contributed by atoms with van der Waals surface area (Å²) in [6, 6.07) is 8.80. The maximum absolute atomic E-state index is 14.6. The first-order valence-corrected chi connectivity index (χ1v) is 10.8. The Morgan fingerprint density at radius 2 is 2.12 bits per heavy atom. The van der Waals surface area contributed by atoms with Crippen molar-refractivity contribution >= 4 is 17.2 Å². The molecule has 1 aliphatic carbocycles. The highest BCUT2D eigenvalue weighted by Gasteiger charge is 2.45. The van der Waals surface area contributed by atoms with Gasteiger partial charge in [0.25, 0.3) is 5.92 Å². The van der Waals surface area contributed by atoms with Crippen molar-refractivity contribution in [1.29, 1.82) is 5.26 Å². The highest BCUT2D eigenvalue weighted by molar-refractivity contribution is 5.93. The van der Waals surface area contributed by atoms with Crippen molar-refractivity contribution in [1.82, 2.24) is 19.5 Å². The molecule has 1 amide bonds. The minimum atomic E-state index is -3.01. The summed E-state index contributed by atoms with van der Waals surface area (Å²) in [6.45, 7) is 0.115. The maximum Gasteiger partial charge on any atom is 0.296 e. The van der Waals surface area contributed by atoms with Gasteiger partial charge in [0.15, 0.2) is 11.9 Å². The second-order valence-corrected chi connectivity index (χ2v) is 8.65. The number of carbonyl (C=O) groups excluding carboxylic acids is 1. The number of carbonyl (C=O) groups is 1. The number of halogens is 2. The minimum Gasteiger partial charge on any atom is -0.482 e. The quantitative estimate of drug-likeness (QED) is 0.638. The van der Waals surface area contributed by atoms with Crippen molar-refractivity contribution in [2.24, 2.45) is 5.92 Å². The number of pyridine rings is 2. The number of hydrogen-bond acceptors (Lipinski definition) is 6. The Morgan fingerprint density at radius 1 is 1.30 bits per heavy atom. The summed E-state index contributed by atoms with van der Waals surface area (Å²) in [6.07, 6.45) is 3.71. The number of alkyl halides is 2. The molecular formula is C23H22F2N6O2. The zero-order valence-corrected chi connectivity index (χ0v) is 18.0. The SMILES string of the molecule is CN1CC[C@@H](Oc2cnc(C#N)cc2-c2ccn3nc(NC(=O)C4CC4)cc3c2)C(F)(F)C1. The van der Waals surface area contributed by atoms with E-state index in [4.69, 9.17) is 4.74 Å². The molecule has 5 rings (SSSR count). The molecule has 0 aromatic carbocycles. The third-order valence-electron chi connectivity index (χ3n) is 5.95. The zero-order valence-electron chi connectivity index (χ0n) is 18.0. The number of ether oxygens (including phenoxy) is 1. The maximum atomic E-state index is 14.6. The topological polar surface area (TPSA) is 95.6 Å². The molecule has 1 N–H and O–H groups in total. The van der Waals surface area contributed by atoms with Gasteiger partial charge in [-0.1, -0.05) is 0 Å². The molecule has 170 valence electrons. The summed E-state index contributed by atoms with van der Waals surface area (Å²) in [5.74, 6) is -2.36. The fourth-order valence-corrected chi connectivity index (χ4v) is 4.01. The van der Waals surface area contributed by atoms with Gasteiger partial charge in [-0.25, -0.2) is 18.3 Å². The van der Waals surface area contributed by atoms with E-state index in [-0.39, 0.29) is 36.2 Å². The molecule has 33 heavy (non-hydrogen) atoms. The molecule has 10 heteroatoms. The van der Waals surface area contributed by atoms with Gasteiger partial charge in [-0.05, 0) is 43.7 Å². The molecule has 1 aliphatic heterocycles. The van der Waals surface area contributed by atoms with Gasteiger partial charge in [0.1, 0.15) is 17.5 Å². The van der Waals surface area contributed by atoms with E-state index in [1.807, 2.05) is 6.07 Å². The Kier molecular flexibility index (Phi) is 5.21. The Bertz CT molecular complexity index is 1260. The molecule has 4 heterocycles. The monoisotopic (exact) mass is 452 g/mol. The fourth-order valence-electron chi connectivity index (χ4n) is 4.01. The second-order valence-electron chi connectivity index (χ2n) is 8.65. The predicted molar refractivity (Wildman–Crippen MR) is 116 cm³/mol. The van der Waals surface area contributed by atoms with E-state index < -0.39 is 12.0 Å². The van der Waals surface area contributed by atoms with Crippen molar-refractivity contribution in [3.05, 3.63) is 42.4 Å². The number of nitrogens with one attached hydrogen (secondary N) is 1. The fraction of sp³-hybridized carbons (Fsp3) is 0.391. The normalized spacial score (nSPS) is 20.4. The van der Waals surface area contributed by atoms with Gasteiger partial charge in [0, 0.05) is 36.7 Å². The molecule has 2 aliphatic rings. The molecule has 0 radical (unpaired) electrons. The van der Waals surface area contributed by atoms with Crippen LogP contribution in [0.2, 0.25) is 0 Å². The van der Waals surface area contributed by atoms with Crippen molar-refractivity contribution in [3.8, 4) is 22.9 Å². The van der Waals surface area contributed by atoms with Crippen molar-refractivity contribution in [2.45, 2.75) is 31.3 Å². The van der Waals surface area contributed by atoms with E-state index >= 15 is 0 Å². The number of amides is 1. The standard InChI is InChI=1S/C23H22F2N6O2/c1-30-6-5-20(23(24,25)13-30)33-19-12-27-16(11-26)9-18(19)15-4-7-31-17(8-15)10-21(29-31)28-22(32)14-2-3-14/h4,7-10,12,14,20H,2-3,5-6,13H2,1H3,(H,28,29,32)/t20-/m1/s1. The largest absolute Gasteiger partial charge is 0.482 e. The Hall–Kier alpha value is -3.58. The molecule has 3 aromatic rings. The molecular weight excluding hydrogens is 430 g/mol. The lowest BCUT2D eigenvalue weighted by Crippen LogP contribution is -2.52. The van der Waals surface area contributed by atoms with Gasteiger partial charge < -0.3 is 15.0 Å². The summed E-state index contributed by atoms with van der Waals surface area (Å²) >= 11 is 0. The number of nitrogens with zero attached hydrogens (tertiary/aromatic N) is 5. The number of fused-ring (bicyclic) bond motifs is 1. The van der Waals surface area contributed by atoms with Gasteiger partial charge >= 0.3 is 0 Å². The van der Waals surface area contributed by atoms with Crippen LogP contribution in [0.25, 0.3) is 16.6 Å². The first-order chi connectivity index (χ1) is 15.8. The average molecular weight is 452 g/mol. The summed E-state index contributed by atoms with van der Waals surface area (Å²) in [5, 5.41) is 16.5. The Morgan fingerprint density at radius 3 is 2.85 bits per heavy atom. The number of nitriles is 1. The molecule has 3 aromatic heterocycles. The van der Waals surface area contributed by atoms with Gasteiger partial charge in [-0.15, -0.1) is 0 Å². The van der Waals surface area contributed by atoms with Crippen LogP contribution < -0.4 is 10.1 Å². The lowest BCUT2D eigenvalue weighted by molar-refractivity contribution is -0.135. The van der Waals surface area contributed by atoms with Crippen molar-refractivity contribution < 1.29 is 18.3 Å². The van der Waals surface area contributed by atoms with Crippen LogP contribution in [-0.2, 0) is 4.79 Å². The lowest BCUT2D eigenvalue weighted by Gasteiger charge is -2.36. The van der Waals surface area contributed by atoms with E-state index in [1.165, 1.54) is 12.3 Å². The Balaban J connectivity index is 1.47. The number of aromatic nitrogens is 3. The molecule has 1 saturated heterocycles. The summed E-state index contributed by atoms with van der Waals surface area (Å²) in [4.78, 5) is 17.6. The van der Waals surface area contributed by atoms with Crippen molar-refractivity contribution in [3.63, 3.8) is 0 Å². The van der Waals surface area contributed by atoms with Crippen LogP contribution in [0.5, 0.6) is 5.75 Å². The smallest absolute Gasteiger partial charge is 0.296 e. The molecule has 0 spiro atoms. The van der Waals surface area contributed by atoms with Crippen LogP contribution in [0.1, 0.15) is 25.0 Å². The molecule has 0 unspecified atom stereocenters. The zero-order chi connectivity index (χ0) is 23.2. The second kappa shape index (κ2) is 8.08. The van der Waals surface area contributed by atoms with Gasteiger partial charge in [0.2, 0.25) is 5.91 Å². The van der Waals surface area contributed by atoms with Gasteiger partial charge in [0.05, 0.1) is 18.3 Å². The average Bonchev–Trinajstić information content (AvgIpc) is 3.55. The van der Waals surface area contributed by atoms with Crippen LogP contribution in [0.3, 0.4) is 0 Å². The number of anilines is 1. The van der Waals surface area contributed by atoms with E-state index in [0.717, 1.165) is 12.8 Å². The molecule has 1 saturated carbocycles. The first kappa shape index (κ1) is 21.3. The number of piperidine rings is 1. The van der Waals surface area contributed by atoms with Crippen LogP contribution >= 0.6 is 0 Å². The predicted octanol–water partition coefficient (Wildman–Crippen LogP) is 3.33. The van der Waals surface area contributed by atoms with Gasteiger partial charge in [-0.3, -0.25) is 4.79 Å². The first-order valence-electron chi connectivity index (χ1n) is 10.8. The summed E-state index contributed by atoms with van der Waals surface area (Å²) in [5.41, 5.74) is 2.00. The van der Waals surface area contributed by atoms with E-state index in [9.17, 15) is 18.8 Å². The van der Waals surface area contributed by atoms with Crippen LogP contribution in [0, 0.1) is 17.2 Å². The van der Waals surface area contributed by atoms with Crippen LogP contribution in [0.15, 0.2) is 36.7 Å². The molecule has 1 atom stereocenters. The minimum absolute atomic E-state index is 0.0406. The van der Waals surface area contributed by atoms with Crippen molar-refractivity contribution in [2.75, 3.05) is 25.5 Å². The van der Waals surface area contributed by atoms with E-state index in [2.05, 4.69) is 15.4 Å². The highest BCUT2D eigenvalue weighted by Crippen LogP contribution is 2.36. The van der Waals surface area contributed by atoms with E-state index in [1.54, 1.807) is 40.9 Å². The highest BCUT2D eigenvalue weighted by atomic mass is 19.3. The van der Waals surface area contributed by atoms with Crippen LogP contribution in [-0.4, -0.2) is 57.6 Å². The number of rotatable bonds is 5. The number of hydrogen-bond donors (Lipinski definition) is 1. The Labute approximate surface area is 188 Å². The summed E-state index contributed by atoms with van der Waals surface area (Å²) in [7, 11) is 1.65. The molecule has 0 bridgehead atoms. The third kappa shape index (κ3) is 4.36. The van der Waals surface area contributed by atoms with E-state index in [0.29, 0.717) is 29.0 Å². The lowest BCUT2D eigenvalue weighted by atomic mass is 10.0. The molecule has 8 nitrogen and oxygen atoms in total. The third-order valence-corrected chi connectivity index (χ3v) is 5.95.